The van der Waals surface area contributed by atoms with Crippen LogP contribution in [-0.2, 0) is 22.8 Å². The van der Waals surface area contributed by atoms with Gasteiger partial charge in [-0.15, -0.1) is 0 Å². The van der Waals surface area contributed by atoms with Crippen LogP contribution in [0.3, 0.4) is 0 Å². The van der Waals surface area contributed by atoms with E-state index in [4.69, 9.17) is 4.42 Å². The lowest BCUT2D eigenvalue weighted by Gasteiger charge is -2.19. The molecule has 8 heteroatoms. The van der Waals surface area contributed by atoms with E-state index in [0.29, 0.717) is 18.6 Å². The summed E-state index contributed by atoms with van der Waals surface area (Å²) in [5.74, 6) is 0.634. The quantitative estimate of drug-likeness (QED) is 0.698. The normalized spacial score (nSPS) is 15.2. The number of aromatic nitrogens is 2. The van der Waals surface area contributed by atoms with Crippen LogP contribution >= 0.6 is 0 Å². The molecule has 0 spiro atoms. The monoisotopic (exact) mass is 359 g/mol. The number of hydrogen-bond acceptors (Lipinski definition) is 5. The van der Waals surface area contributed by atoms with Gasteiger partial charge in [-0.1, -0.05) is 6.07 Å². The van der Waals surface area contributed by atoms with E-state index in [1.165, 1.54) is 4.40 Å². The van der Waals surface area contributed by atoms with Crippen LogP contribution in [0.1, 0.15) is 28.2 Å². The lowest BCUT2D eigenvalue weighted by Crippen LogP contribution is -2.31. The summed E-state index contributed by atoms with van der Waals surface area (Å²) in [4.78, 5) is 18.9. The van der Waals surface area contributed by atoms with Crippen LogP contribution in [0.15, 0.2) is 46.3 Å². The van der Waals surface area contributed by atoms with Gasteiger partial charge in [0.2, 0.25) is 15.0 Å². The van der Waals surface area contributed by atoms with E-state index < -0.39 is 9.84 Å². The molecular weight excluding hydrogens is 342 g/mol. The molecule has 0 atom stereocenters. The Kier molecular flexibility index (Phi) is 3.64. The number of furan rings is 1. The number of carbonyl (C=O) groups is 1. The molecule has 0 saturated heterocycles. The van der Waals surface area contributed by atoms with Crippen molar-refractivity contribution in [3.8, 4) is 0 Å². The first kappa shape index (κ1) is 15.9. The molecule has 130 valence electrons. The highest BCUT2D eigenvalue weighted by Crippen LogP contribution is 2.23. The van der Waals surface area contributed by atoms with Gasteiger partial charge in [-0.25, -0.2) is 13.4 Å². The molecule has 1 aliphatic rings. The second kappa shape index (κ2) is 5.73. The standard InChI is InChI=1S/C17H17N3O4S/c1-25(22,23)17-18-15(13-5-2-3-9-20(13)17)16(21)19-8-4-6-14-12(11-19)7-10-24-14/h2-3,5,7,9-10H,4,6,8,11H2,1H3. The van der Waals surface area contributed by atoms with Crippen molar-refractivity contribution in [3.05, 3.63) is 53.7 Å². The molecule has 0 bridgehead atoms. The van der Waals surface area contributed by atoms with Crippen molar-refractivity contribution in [1.29, 1.82) is 0 Å². The number of rotatable bonds is 2. The Morgan fingerprint density at radius 2 is 2.12 bits per heavy atom. The highest BCUT2D eigenvalue weighted by molar-refractivity contribution is 7.90. The zero-order chi connectivity index (χ0) is 17.6. The first-order valence-corrected chi connectivity index (χ1v) is 9.86. The third-order valence-electron chi connectivity index (χ3n) is 4.37. The molecule has 4 rings (SSSR count). The molecule has 0 N–H and O–H groups in total. The van der Waals surface area contributed by atoms with Crippen LogP contribution in [0.4, 0.5) is 0 Å². The van der Waals surface area contributed by atoms with E-state index in [2.05, 4.69) is 4.98 Å². The van der Waals surface area contributed by atoms with Gasteiger partial charge in [0.15, 0.2) is 5.69 Å². The van der Waals surface area contributed by atoms with E-state index in [-0.39, 0.29) is 16.8 Å². The molecule has 0 radical (unpaired) electrons. The zero-order valence-corrected chi connectivity index (χ0v) is 14.5. The Hall–Kier alpha value is -2.61. The Bertz CT molecular complexity index is 1060. The maximum Gasteiger partial charge on any atom is 0.275 e. The Morgan fingerprint density at radius 3 is 2.92 bits per heavy atom. The van der Waals surface area contributed by atoms with Gasteiger partial charge in [-0.3, -0.25) is 9.20 Å². The smallest absolute Gasteiger partial charge is 0.275 e. The maximum atomic E-state index is 13.1. The summed E-state index contributed by atoms with van der Waals surface area (Å²) in [6.45, 7) is 1.01. The molecule has 1 amide bonds. The highest BCUT2D eigenvalue weighted by atomic mass is 32.2. The maximum absolute atomic E-state index is 13.1. The molecule has 3 aromatic rings. The molecule has 0 fully saturated rings. The average molecular weight is 359 g/mol. The van der Waals surface area contributed by atoms with Crippen molar-refractivity contribution in [2.45, 2.75) is 24.5 Å². The fraction of sp³-hybridized carbons (Fsp3) is 0.294. The molecular formula is C17H17N3O4S. The summed E-state index contributed by atoms with van der Waals surface area (Å²) >= 11 is 0. The molecule has 0 aliphatic carbocycles. The van der Waals surface area contributed by atoms with Crippen molar-refractivity contribution in [2.75, 3.05) is 12.8 Å². The fourth-order valence-corrected chi connectivity index (χ4v) is 3.97. The van der Waals surface area contributed by atoms with Crippen LogP contribution in [-0.4, -0.2) is 41.4 Å². The first-order valence-electron chi connectivity index (χ1n) is 7.97. The number of nitrogens with zero attached hydrogens (tertiary/aromatic N) is 3. The lowest BCUT2D eigenvalue weighted by molar-refractivity contribution is 0.0742. The molecule has 25 heavy (non-hydrogen) atoms. The van der Waals surface area contributed by atoms with Gasteiger partial charge in [0.05, 0.1) is 11.8 Å². The van der Waals surface area contributed by atoms with E-state index in [1.807, 2.05) is 6.07 Å². The van der Waals surface area contributed by atoms with Gasteiger partial charge >= 0.3 is 0 Å². The van der Waals surface area contributed by atoms with E-state index in [1.54, 1.807) is 35.6 Å². The van der Waals surface area contributed by atoms with Gasteiger partial charge in [0, 0.05) is 37.5 Å². The minimum atomic E-state index is -3.55. The predicted octanol–water partition coefficient (Wildman–Crippen LogP) is 1.92. The van der Waals surface area contributed by atoms with Crippen LogP contribution in [0.25, 0.3) is 5.52 Å². The number of pyridine rings is 1. The minimum absolute atomic E-state index is 0.120. The van der Waals surface area contributed by atoms with Crippen LogP contribution in [0, 0.1) is 0 Å². The Balaban J connectivity index is 1.78. The second-order valence-corrected chi connectivity index (χ2v) is 8.08. The van der Waals surface area contributed by atoms with Crippen LogP contribution in [0.2, 0.25) is 0 Å². The summed E-state index contributed by atoms with van der Waals surface area (Å²) in [6, 6.07) is 7.04. The number of imidazole rings is 1. The summed E-state index contributed by atoms with van der Waals surface area (Å²) in [5.41, 5.74) is 1.63. The molecule has 7 nitrogen and oxygen atoms in total. The number of hydrogen-bond donors (Lipinski definition) is 0. The third kappa shape index (κ3) is 2.72. The number of sulfone groups is 1. The first-order chi connectivity index (χ1) is 11.9. The van der Waals surface area contributed by atoms with Gasteiger partial charge in [-0.2, -0.15) is 0 Å². The summed E-state index contributed by atoms with van der Waals surface area (Å²) in [7, 11) is -3.55. The van der Waals surface area contributed by atoms with E-state index in [0.717, 1.165) is 30.4 Å². The fourth-order valence-electron chi connectivity index (χ4n) is 3.19. The van der Waals surface area contributed by atoms with Crippen molar-refractivity contribution in [2.24, 2.45) is 0 Å². The number of carbonyl (C=O) groups excluding carboxylic acids is 1. The van der Waals surface area contributed by atoms with Crippen molar-refractivity contribution in [3.63, 3.8) is 0 Å². The summed E-state index contributed by atoms with van der Waals surface area (Å²) < 4.78 is 30.9. The van der Waals surface area contributed by atoms with Crippen molar-refractivity contribution >= 4 is 21.3 Å². The predicted molar refractivity (Wildman–Crippen MR) is 90.1 cm³/mol. The van der Waals surface area contributed by atoms with Gasteiger partial charge < -0.3 is 9.32 Å². The second-order valence-electron chi connectivity index (χ2n) is 6.17. The van der Waals surface area contributed by atoms with Crippen molar-refractivity contribution in [1.82, 2.24) is 14.3 Å². The molecule has 0 aromatic carbocycles. The molecule has 1 aliphatic heterocycles. The molecule has 3 aromatic heterocycles. The Labute approximate surface area is 144 Å². The third-order valence-corrected chi connectivity index (χ3v) is 5.32. The van der Waals surface area contributed by atoms with Crippen molar-refractivity contribution < 1.29 is 17.6 Å². The topological polar surface area (TPSA) is 84.9 Å². The highest BCUT2D eigenvalue weighted by Gasteiger charge is 2.28. The minimum Gasteiger partial charge on any atom is -0.469 e. The largest absolute Gasteiger partial charge is 0.469 e. The van der Waals surface area contributed by atoms with E-state index in [9.17, 15) is 13.2 Å². The summed E-state index contributed by atoms with van der Waals surface area (Å²) in [5, 5.41) is -0.120. The SMILES string of the molecule is CS(=O)(=O)c1nc(C(=O)N2CCCc3occc3C2)c2ccccn12. The van der Waals surface area contributed by atoms with Crippen LogP contribution < -0.4 is 0 Å². The number of amides is 1. The van der Waals surface area contributed by atoms with Gasteiger partial charge in [-0.05, 0) is 24.6 Å². The molecule has 4 heterocycles. The van der Waals surface area contributed by atoms with E-state index >= 15 is 0 Å². The average Bonchev–Trinajstić information content (AvgIpc) is 3.13. The zero-order valence-electron chi connectivity index (χ0n) is 13.7. The summed E-state index contributed by atoms with van der Waals surface area (Å²) in [6.07, 6.45) is 5.90. The number of aryl methyl sites for hydroxylation is 1. The van der Waals surface area contributed by atoms with Gasteiger partial charge in [0.25, 0.3) is 5.91 Å². The molecule has 0 saturated carbocycles. The molecule has 0 unspecified atom stereocenters. The number of fused-ring (bicyclic) bond motifs is 2. The van der Waals surface area contributed by atoms with Crippen LogP contribution in [0.5, 0.6) is 0 Å². The Morgan fingerprint density at radius 1 is 1.28 bits per heavy atom. The van der Waals surface area contributed by atoms with Gasteiger partial charge in [0.1, 0.15) is 5.76 Å². The lowest BCUT2D eigenvalue weighted by atomic mass is 10.2.